The SMILES string of the molecule is CC(C)N(C(=O)O)C1CCN(C(=O)c2cc(Cl)nc(-c3cnn4ccsc34)n2)CC1. The number of hydrogen-bond donors (Lipinski definition) is 1. The molecule has 1 saturated heterocycles. The molecule has 158 valence electrons. The maximum absolute atomic E-state index is 13.1. The van der Waals surface area contributed by atoms with Crippen LogP contribution in [0.3, 0.4) is 0 Å². The second-order valence-corrected chi connectivity index (χ2v) is 8.70. The van der Waals surface area contributed by atoms with E-state index in [1.54, 1.807) is 15.6 Å². The molecule has 0 spiro atoms. The highest BCUT2D eigenvalue weighted by Gasteiger charge is 2.32. The van der Waals surface area contributed by atoms with E-state index in [1.807, 2.05) is 25.4 Å². The summed E-state index contributed by atoms with van der Waals surface area (Å²) in [7, 11) is 0. The molecule has 3 aromatic rings. The lowest BCUT2D eigenvalue weighted by Crippen LogP contribution is -2.50. The van der Waals surface area contributed by atoms with Crippen molar-refractivity contribution in [2.45, 2.75) is 38.8 Å². The molecule has 0 saturated carbocycles. The van der Waals surface area contributed by atoms with E-state index >= 15 is 0 Å². The Morgan fingerprint density at radius 1 is 1.30 bits per heavy atom. The van der Waals surface area contributed by atoms with Crippen molar-refractivity contribution in [1.82, 2.24) is 29.4 Å². The van der Waals surface area contributed by atoms with Crippen LogP contribution >= 0.6 is 22.9 Å². The number of aromatic nitrogens is 4. The average Bonchev–Trinajstić information content (AvgIpc) is 3.30. The quantitative estimate of drug-likeness (QED) is 0.612. The third kappa shape index (κ3) is 3.84. The lowest BCUT2D eigenvalue weighted by atomic mass is 10.0. The maximum Gasteiger partial charge on any atom is 0.407 e. The minimum atomic E-state index is -0.928. The van der Waals surface area contributed by atoms with Gasteiger partial charge in [-0.3, -0.25) is 4.79 Å². The number of rotatable bonds is 4. The number of carboxylic acid groups (broad SMARTS) is 1. The molecular weight excluding hydrogens is 428 g/mol. The van der Waals surface area contributed by atoms with Crippen LogP contribution in [0.15, 0.2) is 23.8 Å². The van der Waals surface area contributed by atoms with Gasteiger partial charge in [-0.2, -0.15) is 5.10 Å². The molecule has 0 atom stereocenters. The Bertz CT molecular complexity index is 1090. The normalized spacial score (nSPS) is 15.1. The molecule has 0 unspecified atom stereocenters. The molecular formula is C19H21ClN6O3S. The Morgan fingerprint density at radius 3 is 2.70 bits per heavy atom. The molecule has 0 aromatic carbocycles. The summed E-state index contributed by atoms with van der Waals surface area (Å²) in [5.41, 5.74) is 0.938. The van der Waals surface area contributed by atoms with Crippen molar-refractivity contribution >= 4 is 39.8 Å². The molecule has 0 radical (unpaired) electrons. The zero-order valence-electron chi connectivity index (χ0n) is 16.5. The van der Waals surface area contributed by atoms with E-state index in [0.29, 0.717) is 37.3 Å². The molecule has 4 heterocycles. The third-order valence-electron chi connectivity index (χ3n) is 5.21. The highest BCUT2D eigenvalue weighted by Crippen LogP contribution is 2.27. The van der Waals surface area contributed by atoms with Crippen molar-refractivity contribution in [3.05, 3.63) is 34.7 Å². The smallest absolute Gasteiger partial charge is 0.407 e. The first-order valence-corrected chi connectivity index (χ1v) is 10.9. The summed E-state index contributed by atoms with van der Waals surface area (Å²) in [6.45, 7) is 4.63. The lowest BCUT2D eigenvalue weighted by Gasteiger charge is -2.39. The van der Waals surface area contributed by atoms with Gasteiger partial charge in [-0.05, 0) is 26.7 Å². The Balaban J connectivity index is 1.53. The Morgan fingerprint density at radius 2 is 2.03 bits per heavy atom. The van der Waals surface area contributed by atoms with Gasteiger partial charge < -0.3 is 14.9 Å². The molecule has 1 fully saturated rings. The van der Waals surface area contributed by atoms with E-state index in [9.17, 15) is 14.7 Å². The number of nitrogens with zero attached hydrogens (tertiary/aromatic N) is 6. The van der Waals surface area contributed by atoms with Gasteiger partial charge in [-0.25, -0.2) is 19.3 Å². The summed E-state index contributed by atoms with van der Waals surface area (Å²) in [5.74, 6) is 0.120. The van der Waals surface area contributed by atoms with E-state index in [4.69, 9.17) is 11.6 Å². The van der Waals surface area contributed by atoms with E-state index in [1.165, 1.54) is 22.3 Å². The number of carbonyl (C=O) groups is 2. The molecule has 3 aromatic heterocycles. The van der Waals surface area contributed by atoms with E-state index in [-0.39, 0.29) is 28.8 Å². The van der Waals surface area contributed by atoms with Crippen LogP contribution in [0.4, 0.5) is 4.79 Å². The first-order chi connectivity index (χ1) is 14.3. The first-order valence-electron chi connectivity index (χ1n) is 9.61. The molecule has 2 amide bonds. The number of amides is 2. The summed E-state index contributed by atoms with van der Waals surface area (Å²) in [6.07, 6.45) is 3.73. The minimum Gasteiger partial charge on any atom is -0.465 e. The third-order valence-corrected chi connectivity index (χ3v) is 6.29. The minimum absolute atomic E-state index is 0.101. The highest BCUT2D eigenvalue weighted by atomic mass is 35.5. The zero-order chi connectivity index (χ0) is 21.4. The molecule has 0 aliphatic carbocycles. The van der Waals surface area contributed by atoms with Crippen molar-refractivity contribution in [2.24, 2.45) is 0 Å². The standard InChI is InChI=1S/C19H21ClN6O3S/c1-11(2)26(19(28)29)12-3-5-24(6-4-12)17(27)14-9-15(20)23-16(22-14)13-10-21-25-7-8-30-18(13)25/h7-12H,3-6H2,1-2H3,(H,28,29). The van der Waals surface area contributed by atoms with Crippen molar-refractivity contribution in [3.8, 4) is 11.4 Å². The molecule has 9 nitrogen and oxygen atoms in total. The molecule has 1 aliphatic heterocycles. The number of halogens is 1. The van der Waals surface area contributed by atoms with E-state index in [2.05, 4.69) is 15.1 Å². The highest BCUT2D eigenvalue weighted by molar-refractivity contribution is 7.16. The van der Waals surface area contributed by atoms with Gasteiger partial charge in [0.05, 0.1) is 11.8 Å². The van der Waals surface area contributed by atoms with Crippen molar-refractivity contribution in [1.29, 1.82) is 0 Å². The van der Waals surface area contributed by atoms with Crippen molar-refractivity contribution in [2.75, 3.05) is 13.1 Å². The topological polar surface area (TPSA) is 104 Å². The predicted molar refractivity (Wildman–Crippen MR) is 113 cm³/mol. The number of carbonyl (C=O) groups excluding carboxylic acids is 1. The van der Waals surface area contributed by atoms with Gasteiger partial charge >= 0.3 is 6.09 Å². The van der Waals surface area contributed by atoms with Gasteiger partial charge in [0.2, 0.25) is 0 Å². The van der Waals surface area contributed by atoms with Gasteiger partial charge in [-0.15, -0.1) is 11.3 Å². The fourth-order valence-corrected chi connectivity index (χ4v) is 4.81. The fourth-order valence-electron chi connectivity index (χ4n) is 3.84. The fraction of sp³-hybridized carbons (Fsp3) is 0.421. The van der Waals surface area contributed by atoms with E-state index < -0.39 is 6.09 Å². The molecule has 0 bridgehead atoms. The Kier molecular flexibility index (Phi) is 5.61. The van der Waals surface area contributed by atoms with Crippen molar-refractivity contribution < 1.29 is 14.7 Å². The summed E-state index contributed by atoms with van der Waals surface area (Å²) in [5, 5.41) is 15.8. The van der Waals surface area contributed by atoms with Gasteiger partial charge in [-0.1, -0.05) is 11.6 Å². The van der Waals surface area contributed by atoms with Crippen LogP contribution in [0.1, 0.15) is 37.2 Å². The molecule has 1 N–H and O–H groups in total. The zero-order valence-corrected chi connectivity index (χ0v) is 18.1. The van der Waals surface area contributed by atoms with Crippen LogP contribution in [0.2, 0.25) is 5.15 Å². The van der Waals surface area contributed by atoms with Crippen LogP contribution in [-0.4, -0.2) is 71.7 Å². The van der Waals surface area contributed by atoms with Gasteiger partial charge in [0.25, 0.3) is 5.91 Å². The lowest BCUT2D eigenvalue weighted by molar-refractivity contribution is 0.0561. The molecule has 30 heavy (non-hydrogen) atoms. The van der Waals surface area contributed by atoms with Gasteiger partial charge in [0.15, 0.2) is 5.82 Å². The first kappa shape index (κ1) is 20.5. The molecule has 11 heteroatoms. The molecule has 1 aliphatic rings. The Hall–Kier alpha value is -2.72. The number of hydrogen-bond acceptors (Lipinski definition) is 6. The monoisotopic (exact) mass is 448 g/mol. The number of piperidine rings is 1. The summed E-state index contributed by atoms with van der Waals surface area (Å²) >= 11 is 7.69. The second-order valence-electron chi connectivity index (χ2n) is 7.42. The predicted octanol–water partition coefficient (Wildman–Crippen LogP) is 3.50. The van der Waals surface area contributed by atoms with Crippen molar-refractivity contribution in [3.63, 3.8) is 0 Å². The average molecular weight is 449 g/mol. The second kappa shape index (κ2) is 8.19. The van der Waals surface area contributed by atoms with Gasteiger partial charge in [0, 0.05) is 42.8 Å². The molecule has 4 rings (SSSR count). The van der Waals surface area contributed by atoms with Crippen LogP contribution in [0.5, 0.6) is 0 Å². The largest absolute Gasteiger partial charge is 0.465 e. The number of fused-ring (bicyclic) bond motifs is 1. The summed E-state index contributed by atoms with van der Waals surface area (Å²) < 4.78 is 1.72. The number of likely N-dealkylation sites (tertiary alicyclic amines) is 1. The number of thiazole rings is 1. The summed E-state index contributed by atoms with van der Waals surface area (Å²) in [4.78, 5) is 37.4. The maximum atomic E-state index is 13.1. The Labute approximate surface area is 181 Å². The van der Waals surface area contributed by atoms with Crippen LogP contribution < -0.4 is 0 Å². The summed E-state index contributed by atoms with van der Waals surface area (Å²) in [6, 6.07) is 1.26. The van der Waals surface area contributed by atoms with Crippen LogP contribution in [-0.2, 0) is 0 Å². The van der Waals surface area contributed by atoms with Crippen LogP contribution in [0, 0.1) is 0 Å². The van der Waals surface area contributed by atoms with Gasteiger partial charge in [0.1, 0.15) is 15.7 Å². The van der Waals surface area contributed by atoms with E-state index in [0.717, 1.165) is 4.83 Å². The van der Waals surface area contributed by atoms with Crippen LogP contribution in [0.25, 0.3) is 16.2 Å².